The molecular formula is C13H17ClN2O5S. The highest BCUT2D eigenvalue weighted by Crippen LogP contribution is 2.35. The van der Waals surface area contributed by atoms with Crippen molar-refractivity contribution in [2.24, 2.45) is 5.92 Å². The number of ether oxygens (including phenoxy) is 1. The van der Waals surface area contributed by atoms with Crippen molar-refractivity contribution >= 4 is 33.2 Å². The standard InChI is InChI=1S/C13H17ClN2O5S/c1-8(2-3-17)6-15-22(19,20)12-5-11-10(4-9(12)14)16-13(18)7-21-11/h4-5,8,15,17H,2-3,6-7H2,1H3,(H,16,18)/t8-/m1/s1. The van der Waals surface area contributed by atoms with Crippen LogP contribution in [-0.2, 0) is 14.8 Å². The predicted octanol–water partition coefficient (Wildman–Crippen LogP) is 0.968. The third kappa shape index (κ3) is 3.89. The van der Waals surface area contributed by atoms with E-state index in [1.807, 2.05) is 6.92 Å². The lowest BCUT2D eigenvalue weighted by Crippen LogP contribution is -2.30. The molecule has 1 aliphatic rings. The summed E-state index contributed by atoms with van der Waals surface area (Å²) in [5.41, 5.74) is 0.342. The van der Waals surface area contributed by atoms with Crippen molar-refractivity contribution in [3.8, 4) is 5.75 Å². The average molecular weight is 349 g/mol. The number of carbonyl (C=O) groups is 1. The third-order valence-corrected chi connectivity index (χ3v) is 5.09. The minimum absolute atomic E-state index is 0.00393. The van der Waals surface area contributed by atoms with E-state index in [-0.39, 0.29) is 47.3 Å². The van der Waals surface area contributed by atoms with E-state index in [0.29, 0.717) is 12.1 Å². The zero-order valence-corrected chi connectivity index (χ0v) is 13.5. The van der Waals surface area contributed by atoms with Gasteiger partial charge in [0, 0.05) is 19.2 Å². The Kier molecular flexibility index (Phi) is 5.28. The molecule has 122 valence electrons. The van der Waals surface area contributed by atoms with Crippen LogP contribution in [0, 0.1) is 5.92 Å². The molecule has 0 saturated carbocycles. The summed E-state index contributed by atoms with van der Waals surface area (Å²) in [5, 5.41) is 11.4. The first-order chi connectivity index (χ1) is 10.3. The Morgan fingerprint density at radius 2 is 2.23 bits per heavy atom. The van der Waals surface area contributed by atoms with Gasteiger partial charge < -0.3 is 15.2 Å². The molecule has 1 aliphatic heterocycles. The van der Waals surface area contributed by atoms with Gasteiger partial charge >= 0.3 is 0 Å². The van der Waals surface area contributed by atoms with Gasteiger partial charge in [-0.2, -0.15) is 0 Å². The van der Waals surface area contributed by atoms with Crippen LogP contribution in [0.5, 0.6) is 5.75 Å². The number of hydrogen-bond acceptors (Lipinski definition) is 5. The van der Waals surface area contributed by atoms with E-state index >= 15 is 0 Å². The van der Waals surface area contributed by atoms with Crippen LogP contribution in [0.3, 0.4) is 0 Å². The molecule has 1 heterocycles. The fourth-order valence-electron chi connectivity index (χ4n) is 1.94. The summed E-state index contributed by atoms with van der Waals surface area (Å²) in [6, 6.07) is 2.63. The van der Waals surface area contributed by atoms with E-state index in [4.69, 9.17) is 21.4 Å². The van der Waals surface area contributed by atoms with Crippen molar-refractivity contribution in [2.75, 3.05) is 25.1 Å². The lowest BCUT2D eigenvalue weighted by molar-refractivity contribution is -0.118. The van der Waals surface area contributed by atoms with Crippen LogP contribution in [0.4, 0.5) is 5.69 Å². The second-order valence-electron chi connectivity index (χ2n) is 5.08. The van der Waals surface area contributed by atoms with Gasteiger partial charge in [0.05, 0.1) is 10.7 Å². The normalized spacial score (nSPS) is 15.7. The first-order valence-corrected chi connectivity index (χ1v) is 8.56. The van der Waals surface area contributed by atoms with Crippen molar-refractivity contribution < 1.29 is 23.1 Å². The number of benzene rings is 1. The van der Waals surface area contributed by atoms with Gasteiger partial charge in [-0.3, -0.25) is 4.79 Å². The number of rotatable bonds is 6. The highest BCUT2D eigenvalue weighted by molar-refractivity contribution is 7.89. The number of fused-ring (bicyclic) bond motifs is 1. The summed E-state index contributed by atoms with van der Waals surface area (Å²) in [6.07, 6.45) is 0.496. The van der Waals surface area contributed by atoms with E-state index in [2.05, 4.69) is 10.0 Å². The summed E-state index contributed by atoms with van der Waals surface area (Å²) in [6.45, 7) is 1.84. The maximum absolute atomic E-state index is 12.3. The monoisotopic (exact) mass is 348 g/mol. The fraction of sp³-hybridized carbons (Fsp3) is 0.462. The highest BCUT2D eigenvalue weighted by atomic mass is 35.5. The minimum Gasteiger partial charge on any atom is -0.482 e. The molecule has 22 heavy (non-hydrogen) atoms. The van der Waals surface area contributed by atoms with Crippen molar-refractivity contribution in [1.82, 2.24) is 4.72 Å². The van der Waals surface area contributed by atoms with Gasteiger partial charge in [0.25, 0.3) is 5.91 Å². The molecule has 9 heteroatoms. The van der Waals surface area contributed by atoms with Crippen LogP contribution in [0.15, 0.2) is 17.0 Å². The Morgan fingerprint density at radius 1 is 1.50 bits per heavy atom. The molecule has 0 spiro atoms. The van der Waals surface area contributed by atoms with Crippen molar-refractivity contribution in [2.45, 2.75) is 18.2 Å². The van der Waals surface area contributed by atoms with Gasteiger partial charge in [0.2, 0.25) is 10.0 Å². The summed E-state index contributed by atoms with van der Waals surface area (Å²) in [7, 11) is -3.81. The molecular weight excluding hydrogens is 332 g/mol. The lowest BCUT2D eigenvalue weighted by Gasteiger charge is -2.20. The molecule has 1 amide bonds. The maximum atomic E-state index is 12.3. The van der Waals surface area contributed by atoms with Gasteiger partial charge in [0.1, 0.15) is 10.6 Å². The zero-order chi connectivity index (χ0) is 16.3. The van der Waals surface area contributed by atoms with Crippen LogP contribution < -0.4 is 14.8 Å². The number of carbonyl (C=O) groups excluding carboxylic acids is 1. The fourth-order valence-corrected chi connectivity index (χ4v) is 3.65. The second kappa shape index (κ2) is 6.82. The molecule has 2 rings (SSSR count). The molecule has 0 radical (unpaired) electrons. The number of aliphatic hydroxyl groups is 1. The number of sulfonamides is 1. The SMILES string of the molecule is C[C@H](CCO)CNS(=O)(=O)c1cc2c(cc1Cl)NC(=O)CO2. The van der Waals surface area contributed by atoms with E-state index in [9.17, 15) is 13.2 Å². The second-order valence-corrected chi connectivity index (χ2v) is 7.23. The number of aliphatic hydroxyl groups excluding tert-OH is 1. The zero-order valence-electron chi connectivity index (χ0n) is 11.9. The number of amides is 1. The summed E-state index contributed by atoms with van der Waals surface area (Å²) in [5.74, 6) is -0.0744. The van der Waals surface area contributed by atoms with Crippen LogP contribution in [0.25, 0.3) is 0 Å². The van der Waals surface area contributed by atoms with E-state index < -0.39 is 10.0 Å². The first-order valence-electron chi connectivity index (χ1n) is 6.70. The maximum Gasteiger partial charge on any atom is 0.262 e. The average Bonchev–Trinajstić information content (AvgIpc) is 2.44. The first kappa shape index (κ1) is 17.0. The van der Waals surface area contributed by atoms with Crippen molar-refractivity contribution in [3.63, 3.8) is 0 Å². The lowest BCUT2D eigenvalue weighted by atomic mass is 10.1. The predicted molar refractivity (Wildman–Crippen MR) is 81.6 cm³/mol. The van der Waals surface area contributed by atoms with E-state index in [0.717, 1.165) is 0 Å². The minimum atomic E-state index is -3.81. The number of halogens is 1. The smallest absolute Gasteiger partial charge is 0.262 e. The number of anilines is 1. The molecule has 1 aromatic carbocycles. The van der Waals surface area contributed by atoms with Gasteiger partial charge in [-0.25, -0.2) is 13.1 Å². The molecule has 0 bridgehead atoms. The highest BCUT2D eigenvalue weighted by Gasteiger charge is 2.24. The van der Waals surface area contributed by atoms with Crippen LogP contribution in [0.1, 0.15) is 13.3 Å². The van der Waals surface area contributed by atoms with Gasteiger partial charge in [-0.15, -0.1) is 0 Å². The molecule has 3 N–H and O–H groups in total. The Bertz CT molecular complexity index is 677. The molecule has 7 nitrogen and oxygen atoms in total. The topological polar surface area (TPSA) is 105 Å². The molecule has 0 aromatic heterocycles. The summed E-state index contributed by atoms with van der Waals surface area (Å²) >= 11 is 6.00. The Hall–Kier alpha value is -1.35. The van der Waals surface area contributed by atoms with E-state index in [1.54, 1.807) is 0 Å². The van der Waals surface area contributed by atoms with Crippen LogP contribution >= 0.6 is 11.6 Å². The van der Waals surface area contributed by atoms with Crippen LogP contribution in [-0.4, -0.2) is 39.2 Å². The largest absolute Gasteiger partial charge is 0.482 e. The molecule has 0 aliphatic carbocycles. The van der Waals surface area contributed by atoms with Crippen molar-refractivity contribution in [3.05, 3.63) is 17.2 Å². The number of hydrogen-bond donors (Lipinski definition) is 3. The summed E-state index contributed by atoms with van der Waals surface area (Å²) in [4.78, 5) is 11.1. The molecule has 1 aromatic rings. The Labute approximate surface area is 133 Å². The van der Waals surface area contributed by atoms with Crippen molar-refractivity contribution in [1.29, 1.82) is 0 Å². The molecule has 1 atom stereocenters. The van der Waals surface area contributed by atoms with Gasteiger partial charge in [0.15, 0.2) is 6.61 Å². The van der Waals surface area contributed by atoms with E-state index in [1.165, 1.54) is 12.1 Å². The van der Waals surface area contributed by atoms with Gasteiger partial charge in [-0.1, -0.05) is 18.5 Å². The number of nitrogens with one attached hydrogen (secondary N) is 2. The molecule has 0 saturated heterocycles. The Balaban J connectivity index is 2.22. The molecule has 0 fully saturated rings. The Morgan fingerprint density at radius 3 is 2.91 bits per heavy atom. The van der Waals surface area contributed by atoms with Gasteiger partial charge in [-0.05, 0) is 18.4 Å². The summed E-state index contributed by atoms with van der Waals surface area (Å²) < 4.78 is 32.3. The molecule has 0 unspecified atom stereocenters. The van der Waals surface area contributed by atoms with Crippen LogP contribution in [0.2, 0.25) is 5.02 Å². The quantitative estimate of drug-likeness (QED) is 0.710. The third-order valence-electron chi connectivity index (χ3n) is 3.20.